The molecule has 2 atom stereocenters. The van der Waals surface area contributed by atoms with Gasteiger partial charge in [-0.15, -0.1) is 11.3 Å². The van der Waals surface area contributed by atoms with E-state index in [1.165, 1.54) is 35.0 Å². The molecule has 3 rings (SSSR count). The summed E-state index contributed by atoms with van der Waals surface area (Å²) in [4.78, 5) is 27.1. The van der Waals surface area contributed by atoms with Gasteiger partial charge in [-0.2, -0.15) is 0 Å². The molecule has 0 saturated heterocycles. The third-order valence-electron chi connectivity index (χ3n) is 5.32. The number of nitrogens with one attached hydrogen (secondary N) is 1. The van der Waals surface area contributed by atoms with E-state index >= 15 is 0 Å². The van der Waals surface area contributed by atoms with Crippen LogP contribution in [0.1, 0.15) is 69.6 Å². The minimum absolute atomic E-state index is 0.00906. The zero-order chi connectivity index (χ0) is 20.3. The van der Waals surface area contributed by atoms with E-state index in [2.05, 4.69) is 37.7 Å². The maximum Gasteiger partial charge on any atom is 0.259 e. The molecule has 2 heterocycles. The number of thioether (sulfide) groups is 1. The fourth-order valence-electron chi connectivity index (χ4n) is 3.74. The first kappa shape index (κ1) is 21.4. The van der Waals surface area contributed by atoms with Gasteiger partial charge >= 0.3 is 0 Å². The molecule has 0 radical (unpaired) electrons. The summed E-state index contributed by atoms with van der Waals surface area (Å²) in [5.41, 5.74) is 7.31. The fraction of sp³-hybridized carbons (Fsp3) is 0.667. The molecule has 154 valence electrons. The molecular weight excluding hydrogens is 388 g/mol. The Morgan fingerprint density at radius 2 is 2.18 bits per heavy atom. The minimum atomic E-state index is -0.00906. The number of H-pyrrole nitrogens is 1. The van der Waals surface area contributed by atoms with Crippen LogP contribution in [0, 0.1) is 11.8 Å². The van der Waals surface area contributed by atoms with Crippen molar-refractivity contribution in [3.63, 3.8) is 0 Å². The molecule has 0 saturated carbocycles. The van der Waals surface area contributed by atoms with E-state index in [1.54, 1.807) is 11.3 Å². The van der Waals surface area contributed by atoms with Gasteiger partial charge < -0.3 is 10.7 Å². The third kappa shape index (κ3) is 5.38. The fourth-order valence-corrected chi connectivity index (χ4v) is 5.82. The van der Waals surface area contributed by atoms with E-state index in [4.69, 9.17) is 10.7 Å². The van der Waals surface area contributed by atoms with Crippen LogP contribution in [0.15, 0.2) is 9.79 Å². The predicted octanol–water partition coefficient (Wildman–Crippen LogP) is 4.87. The van der Waals surface area contributed by atoms with Crippen LogP contribution in [-0.2, 0) is 18.6 Å². The summed E-state index contributed by atoms with van der Waals surface area (Å²) in [6.45, 7) is 8.87. The van der Waals surface area contributed by atoms with Crippen LogP contribution in [0.3, 0.4) is 0 Å². The summed E-state index contributed by atoms with van der Waals surface area (Å²) >= 11 is 3.14. The Balaban J connectivity index is 1.64. The Kier molecular flexibility index (Phi) is 7.20. The lowest BCUT2D eigenvalue weighted by Gasteiger charge is -2.17. The zero-order valence-electron chi connectivity index (χ0n) is 17.4. The summed E-state index contributed by atoms with van der Waals surface area (Å²) < 4.78 is 0. The Bertz CT molecular complexity index is 900. The van der Waals surface area contributed by atoms with Gasteiger partial charge in [0, 0.05) is 10.9 Å². The van der Waals surface area contributed by atoms with E-state index in [9.17, 15) is 4.79 Å². The van der Waals surface area contributed by atoms with Crippen LogP contribution >= 0.6 is 23.1 Å². The second-order valence-corrected chi connectivity index (χ2v) is 10.6. The second kappa shape index (κ2) is 9.44. The Hall–Kier alpha value is -1.34. The molecule has 0 aliphatic heterocycles. The lowest BCUT2D eigenvalue weighted by atomic mass is 9.89. The molecule has 2 aromatic rings. The largest absolute Gasteiger partial charge is 0.379 e. The van der Waals surface area contributed by atoms with E-state index in [0.717, 1.165) is 41.8 Å². The van der Waals surface area contributed by atoms with Crippen molar-refractivity contribution in [1.82, 2.24) is 9.97 Å². The number of nitrogens with two attached hydrogens (primary N) is 1. The Morgan fingerprint density at radius 3 is 2.93 bits per heavy atom. The molecule has 7 heteroatoms. The number of hydrogen-bond acceptors (Lipinski definition) is 5. The van der Waals surface area contributed by atoms with Crippen molar-refractivity contribution in [3.8, 4) is 0 Å². The van der Waals surface area contributed by atoms with Crippen LogP contribution < -0.4 is 11.3 Å². The highest BCUT2D eigenvalue weighted by molar-refractivity contribution is 8.13. The van der Waals surface area contributed by atoms with Crippen molar-refractivity contribution in [2.24, 2.45) is 22.6 Å². The number of fused-ring (bicyclic) bond motifs is 3. The van der Waals surface area contributed by atoms with Gasteiger partial charge in [-0.1, -0.05) is 45.4 Å². The first-order valence-electron chi connectivity index (χ1n) is 10.3. The summed E-state index contributed by atoms with van der Waals surface area (Å²) in [7, 11) is 0. The molecule has 0 spiro atoms. The SMILES string of the molecule is CC(C)CCC[C@@H](C)N=C(N)SCc1nc2sc3c(c2c(=O)[nH]1)CC[C@@H](C)C3. The number of thiophene rings is 1. The number of aryl methyl sites for hydroxylation is 1. The summed E-state index contributed by atoms with van der Waals surface area (Å²) in [6, 6.07) is 0.228. The molecule has 0 unspecified atom stereocenters. The molecule has 5 nitrogen and oxygen atoms in total. The van der Waals surface area contributed by atoms with Gasteiger partial charge in [0.1, 0.15) is 10.7 Å². The lowest BCUT2D eigenvalue weighted by Crippen LogP contribution is -2.16. The van der Waals surface area contributed by atoms with E-state index in [1.807, 2.05) is 0 Å². The van der Waals surface area contributed by atoms with Gasteiger partial charge in [0.15, 0.2) is 5.17 Å². The topological polar surface area (TPSA) is 84.1 Å². The molecular formula is C21H32N4OS2. The molecule has 1 aliphatic rings. The minimum Gasteiger partial charge on any atom is -0.379 e. The quantitative estimate of drug-likeness (QED) is 0.494. The molecule has 1 aliphatic carbocycles. The number of aromatic amines is 1. The molecule has 3 N–H and O–H groups in total. The maximum atomic E-state index is 12.7. The standard InChI is InChI=1S/C21H32N4OS2/c1-12(2)6-5-7-14(4)23-21(22)27-11-17-24-19(26)18-15-9-8-13(3)10-16(15)28-20(18)25-17/h12-14H,5-11H2,1-4H3,(H2,22,23)(H,24,25,26)/t13-,14-/m1/s1. The maximum absolute atomic E-state index is 12.7. The Morgan fingerprint density at radius 1 is 1.39 bits per heavy atom. The highest BCUT2D eigenvalue weighted by Gasteiger charge is 2.23. The van der Waals surface area contributed by atoms with E-state index in [-0.39, 0.29) is 11.6 Å². The van der Waals surface area contributed by atoms with Gasteiger partial charge in [0.05, 0.1) is 11.1 Å². The average Bonchev–Trinajstić information content (AvgIpc) is 2.97. The number of hydrogen-bond donors (Lipinski definition) is 2. The second-order valence-electron chi connectivity index (χ2n) is 8.47. The summed E-state index contributed by atoms with van der Waals surface area (Å²) in [6.07, 6.45) is 6.66. The summed E-state index contributed by atoms with van der Waals surface area (Å²) in [5.74, 6) is 2.64. The normalized spacial score (nSPS) is 18.6. The van der Waals surface area contributed by atoms with Crippen molar-refractivity contribution in [1.29, 1.82) is 0 Å². The zero-order valence-corrected chi connectivity index (χ0v) is 19.0. The third-order valence-corrected chi connectivity index (χ3v) is 7.29. The van der Waals surface area contributed by atoms with Crippen molar-refractivity contribution >= 4 is 38.5 Å². The number of amidine groups is 1. The number of aliphatic imine (C=N–C) groups is 1. The highest BCUT2D eigenvalue weighted by atomic mass is 32.2. The molecule has 0 bridgehead atoms. The van der Waals surface area contributed by atoms with Crippen molar-refractivity contribution in [3.05, 3.63) is 26.6 Å². The lowest BCUT2D eigenvalue weighted by molar-refractivity contribution is 0.509. The first-order chi connectivity index (χ1) is 13.3. The number of aromatic nitrogens is 2. The van der Waals surface area contributed by atoms with Crippen LogP contribution in [0.25, 0.3) is 10.2 Å². The summed E-state index contributed by atoms with van der Waals surface area (Å²) in [5, 5.41) is 1.38. The molecule has 0 amide bonds. The van der Waals surface area contributed by atoms with Crippen LogP contribution in [-0.4, -0.2) is 21.2 Å². The van der Waals surface area contributed by atoms with Gasteiger partial charge in [0.25, 0.3) is 5.56 Å². The van der Waals surface area contributed by atoms with Gasteiger partial charge in [0.2, 0.25) is 0 Å². The predicted molar refractivity (Wildman–Crippen MR) is 122 cm³/mol. The van der Waals surface area contributed by atoms with Gasteiger partial charge in [-0.05, 0) is 50.0 Å². The van der Waals surface area contributed by atoms with E-state index < -0.39 is 0 Å². The molecule has 0 fully saturated rings. The monoisotopic (exact) mass is 420 g/mol. The van der Waals surface area contributed by atoms with Gasteiger partial charge in [-0.3, -0.25) is 9.79 Å². The van der Waals surface area contributed by atoms with Crippen molar-refractivity contribution in [2.75, 3.05) is 0 Å². The Labute approximate surface area is 175 Å². The van der Waals surface area contributed by atoms with Crippen LogP contribution in [0.4, 0.5) is 0 Å². The number of rotatable bonds is 7. The van der Waals surface area contributed by atoms with Crippen LogP contribution in [0.2, 0.25) is 0 Å². The average molecular weight is 421 g/mol. The molecule has 2 aromatic heterocycles. The molecule has 28 heavy (non-hydrogen) atoms. The van der Waals surface area contributed by atoms with Gasteiger partial charge in [-0.25, -0.2) is 4.98 Å². The van der Waals surface area contributed by atoms with Crippen molar-refractivity contribution < 1.29 is 0 Å². The van der Waals surface area contributed by atoms with Crippen LogP contribution in [0.5, 0.6) is 0 Å². The number of nitrogens with zero attached hydrogens (tertiary/aromatic N) is 2. The van der Waals surface area contributed by atoms with Crippen molar-refractivity contribution in [2.45, 2.75) is 78.0 Å². The first-order valence-corrected chi connectivity index (χ1v) is 12.1. The molecule has 0 aromatic carbocycles. The van der Waals surface area contributed by atoms with E-state index in [0.29, 0.717) is 22.7 Å². The highest BCUT2D eigenvalue weighted by Crippen LogP contribution is 2.35. The smallest absolute Gasteiger partial charge is 0.259 e.